The van der Waals surface area contributed by atoms with Crippen molar-refractivity contribution in [1.82, 2.24) is 0 Å². The number of phenolic OH excluding ortho intramolecular Hbond substituents is 2. The predicted octanol–water partition coefficient (Wildman–Crippen LogP) is 8.88. The summed E-state index contributed by atoms with van der Waals surface area (Å²) in [5.41, 5.74) is 4.59. The first-order valence-electron chi connectivity index (χ1n) is 14.7. The second-order valence-electron chi connectivity index (χ2n) is 10.5. The Bertz CT molecular complexity index is 1100. The summed E-state index contributed by atoms with van der Waals surface area (Å²) in [6.07, 6.45) is 12.4. The molecule has 0 unspecified atom stereocenters. The Morgan fingerprint density at radius 1 is 0.605 bits per heavy atom. The van der Waals surface area contributed by atoms with Crippen LogP contribution in [0.4, 0.5) is 0 Å². The SMILES string of the molecule is CCCCc1cc(CCCC)c(O)c(P(c2cccc(Cl)c2)c2cc(CCCC)cc(CCCC)c2O)c1. The maximum atomic E-state index is 11.7. The number of phenols is 2. The first-order chi connectivity index (χ1) is 18.4. The van der Waals surface area contributed by atoms with Crippen LogP contribution in [0.15, 0.2) is 48.5 Å². The summed E-state index contributed by atoms with van der Waals surface area (Å²) in [6.45, 7) is 8.82. The molecular weight excluding hydrogens is 507 g/mol. The summed E-state index contributed by atoms with van der Waals surface area (Å²) in [7, 11) is -1.21. The number of hydrogen-bond acceptors (Lipinski definition) is 2. The predicted molar refractivity (Wildman–Crippen MR) is 168 cm³/mol. The van der Waals surface area contributed by atoms with Gasteiger partial charge in [0, 0.05) is 15.6 Å². The minimum Gasteiger partial charge on any atom is -0.507 e. The molecule has 0 aliphatic carbocycles. The smallest absolute Gasteiger partial charge is 0.127 e. The Morgan fingerprint density at radius 3 is 1.47 bits per heavy atom. The van der Waals surface area contributed by atoms with Crippen LogP contribution in [0.3, 0.4) is 0 Å². The minimum absolute atomic E-state index is 0.387. The van der Waals surface area contributed by atoms with Gasteiger partial charge in [-0.2, -0.15) is 0 Å². The molecule has 38 heavy (non-hydrogen) atoms. The molecule has 206 valence electrons. The molecule has 0 atom stereocenters. The molecule has 3 aromatic carbocycles. The van der Waals surface area contributed by atoms with Gasteiger partial charge in [-0.1, -0.05) is 89.2 Å². The molecule has 0 spiro atoms. The number of benzene rings is 3. The number of aromatic hydroxyl groups is 2. The van der Waals surface area contributed by atoms with E-state index in [9.17, 15) is 10.2 Å². The zero-order chi connectivity index (χ0) is 27.5. The molecule has 3 rings (SSSR count). The van der Waals surface area contributed by atoms with Gasteiger partial charge < -0.3 is 10.2 Å². The van der Waals surface area contributed by atoms with Crippen molar-refractivity contribution in [2.45, 2.75) is 105 Å². The number of halogens is 1. The average molecular weight is 553 g/mol. The second kappa shape index (κ2) is 15.5. The molecule has 4 heteroatoms. The normalized spacial score (nSPS) is 11.4. The van der Waals surface area contributed by atoms with Crippen LogP contribution < -0.4 is 15.9 Å². The van der Waals surface area contributed by atoms with Gasteiger partial charge in [0.25, 0.3) is 0 Å². The highest BCUT2D eigenvalue weighted by Crippen LogP contribution is 2.43. The molecule has 0 bridgehead atoms. The van der Waals surface area contributed by atoms with Gasteiger partial charge in [0.15, 0.2) is 0 Å². The number of hydrogen-bond donors (Lipinski definition) is 2. The zero-order valence-electron chi connectivity index (χ0n) is 23.8. The summed E-state index contributed by atoms with van der Waals surface area (Å²) >= 11 is 6.53. The zero-order valence-corrected chi connectivity index (χ0v) is 25.5. The number of unbranched alkanes of at least 4 members (excludes halogenated alkanes) is 4. The molecule has 0 saturated heterocycles. The van der Waals surface area contributed by atoms with Crippen LogP contribution in [-0.4, -0.2) is 10.2 Å². The van der Waals surface area contributed by atoms with Gasteiger partial charge >= 0.3 is 0 Å². The number of aryl methyl sites for hydroxylation is 4. The quantitative estimate of drug-likeness (QED) is 0.185. The third kappa shape index (κ3) is 8.00. The van der Waals surface area contributed by atoms with Gasteiger partial charge in [-0.05, 0) is 111 Å². The molecule has 0 amide bonds. The third-order valence-electron chi connectivity index (χ3n) is 7.24. The standard InChI is InChI=1S/C34H46ClO2P/c1-5-9-14-25-20-27(16-11-7-3)33(36)31(22-25)38(30-19-13-18-29(35)24-30)32-23-26(15-10-6-2)21-28(34(32)37)17-12-8-4/h13,18-24,36-37H,5-12,14-17H2,1-4H3. The maximum absolute atomic E-state index is 11.7. The Labute approximate surface area is 237 Å². The van der Waals surface area contributed by atoms with Gasteiger partial charge in [-0.25, -0.2) is 0 Å². The molecule has 0 saturated carbocycles. The van der Waals surface area contributed by atoms with Crippen molar-refractivity contribution in [3.63, 3.8) is 0 Å². The Kier molecular flexibility index (Phi) is 12.5. The van der Waals surface area contributed by atoms with Crippen molar-refractivity contribution >= 4 is 35.4 Å². The van der Waals surface area contributed by atoms with E-state index in [4.69, 9.17) is 11.6 Å². The first-order valence-corrected chi connectivity index (χ1v) is 16.4. The molecular formula is C34H46ClO2P. The summed E-state index contributed by atoms with van der Waals surface area (Å²) in [5, 5.41) is 27.1. The number of rotatable bonds is 15. The van der Waals surface area contributed by atoms with Crippen molar-refractivity contribution in [2.24, 2.45) is 0 Å². The van der Waals surface area contributed by atoms with Crippen molar-refractivity contribution in [3.05, 3.63) is 75.8 Å². The van der Waals surface area contributed by atoms with Crippen LogP contribution in [0.5, 0.6) is 11.5 Å². The average Bonchev–Trinajstić information content (AvgIpc) is 2.91. The molecule has 2 nitrogen and oxygen atoms in total. The van der Waals surface area contributed by atoms with Gasteiger partial charge in [0.2, 0.25) is 0 Å². The van der Waals surface area contributed by atoms with E-state index in [1.807, 2.05) is 18.2 Å². The topological polar surface area (TPSA) is 40.5 Å². The molecule has 0 fully saturated rings. The minimum atomic E-state index is -1.21. The van der Waals surface area contributed by atoms with E-state index in [0.29, 0.717) is 16.5 Å². The van der Waals surface area contributed by atoms with Crippen LogP contribution in [0.2, 0.25) is 5.02 Å². The largest absolute Gasteiger partial charge is 0.507 e. The van der Waals surface area contributed by atoms with E-state index in [1.54, 1.807) is 0 Å². The van der Waals surface area contributed by atoms with Crippen LogP contribution in [0.1, 0.15) is 101 Å². The lowest BCUT2D eigenvalue weighted by Crippen LogP contribution is -2.23. The summed E-state index contributed by atoms with van der Waals surface area (Å²) < 4.78 is 0. The second-order valence-corrected chi connectivity index (χ2v) is 13.1. The van der Waals surface area contributed by atoms with E-state index in [0.717, 1.165) is 104 Å². The fraction of sp³-hybridized carbons (Fsp3) is 0.471. The lowest BCUT2D eigenvalue weighted by Gasteiger charge is -2.25. The Balaban J connectivity index is 2.30. The molecule has 0 aliphatic heterocycles. The van der Waals surface area contributed by atoms with Crippen LogP contribution in [0.25, 0.3) is 0 Å². The van der Waals surface area contributed by atoms with E-state index < -0.39 is 7.92 Å². The first kappa shape index (κ1) is 30.5. The monoisotopic (exact) mass is 552 g/mol. The van der Waals surface area contributed by atoms with E-state index in [1.165, 1.54) is 11.1 Å². The fourth-order valence-electron chi connectivity index (χ4n) is 5.01. The fourth-order valence-corrected chi connectivity index (χ4v) is 7.90. The Morgan fingerprint density at radius 2 is 1.05 bits per heavy atom. The lowest BCUT2D eigenvalue weighted by molar-refractivity contribution is 0.470. The molecule has 0 aliphatic rings. The third-order valence-corrected chi connectivity index (χ3v) is 9.92. The Hall–Kier alpha value is -2.02. The van der Waals surface area contributed by atoms with Gasteiger partial charge in [0.05, 0.1) is 0 Å². The molecule has 2 N–H and O–H groups in total. The maximum Gasteiger partial charge on any atom is 0.127 e. The molecule has 0 heterocycles. The van der Waals surface area contributed by atoms with Crippen LogP contribution in [0, 0.1) is 0 Å². The van der Waals surface area contributed by atoms with Gasteiger partial charge in [-0.15, -0.1) is 0 Å². The van der Waals surface area contributed by atoms with E-state index in [-0.39, 0.29) is 0 Å². The van der Waals surface area contributed by atoms with Crippen molar-refractivity contribution in [3.8, 4) is 11.5 Å². The molecule has 3 aromatic rings. The highest BCUT2D eigenvalue weighted by atomic mass is 35.5. The summed E-state index contributed by atoms with van der Waals surface area (Å²) in [5.74, 6) is 0.775. The van der Waals surface area contributed by atoms with E-state index in [2.05, 4.69) is 58.0 Å². The highest BCUT2D eigenvalue weighted by molar-refractivity contribution is 7.80. The van der Waals surface area contributed by atoms with Gasteiger partial charge in [0.1, 0.15) is 11.5 Å². The van der Waals surface area contributed by atoms with Crippen molar-refractivity contribution < 1.29 is 10.2 Å². The van der Waals surface area contributed by atoms with Crippen molar-refractivity contribution in [1.29, 1.82) is 0 Å². The van der Waals surface area contributed by atoms with Crippen LogP contribution in [-0.2, 0) is 25.7 Å². The molecule has 0 radical (unpaired) electrons. The summed E-state index contributed by atoms with van der Waals surface area (Å²) in [6, 6.07) is 16.8. The van der Waals surface area contributed by atoms with Crippen LogP contribution >= 0.6 is 19.5 Å². The molecule has 0 aromatic heterocycles. The summed E-state index contributed by atoms with van der Waals surface area (Å²) in [4.78, 5) is 0. The lowest BCUT2D eigenvalue weighted by atomic mass is 10.0. The van der Waals surface area contributed by atoms with Gasteiger partial charge in [-0.3, -0.25) is 0 Å². The van der Waals surface area contributed by atoms with Crippen molar-refractivity contribution in [2.75, 3.05) is 0 Å². The van der Waals surface area contributed by atoms with E-state index >= 15 is 0 Å². The highest BCUT2D eigenvalue weighted by Gasteiger charge is 2.27.